The molecule has 1 aromatic carbocycles. The minimum Gasteiger partial charge on any atom is -0.477 e. The van der Waals surface area contributed by atoms with Crippen molar-refractivity contribution in [2.24, 2.45) is 0 Å². The first kappa shape index (κ1) is 19.0. The van der Waals surface area contributed by atoms with Gasteiger partial charge < -0.3 is 10.4 Å². The Morgan fingerprint density at radius 3 is 2.56 bits per heavy atom. The van der Waals surface area contributed by atoms with Gasteiger partial charge in [-0.05, 0) is 31.4 Å². The number of aromatic nitrogens is 1. The minimum absolute atomic E-state index is 0.0169. The maximum absolute atomic E-state index is 13.8. The van der Waals surface area contributed by atoms with Crippen LogP contribution in [0.25, 0.3) is 0 Å². The first-order chi connectivity index (χ1) is 11.7. The number of carbonyl (C=O) groups is 2. The van der Waals surface area contributed by atoms with Crippen molar-refractivity contribution >= 4 is 23.2 Å². The van der Waals surface area contributed by atoms with Gasteiger partial charge in [0.05, 0.1) is 11.7 Å². The van der Waals surface area contributed by atoms with Crippen LogP contribution in [0.1, 0.15) is 58.2 Å². The summed E-state index contributed by atoms with van der Waals surface area (Å²) in [7, 11) is 0. The summed E-state index contributed by atoms with van der Waals surface area (Å²) in [5, 5.41) is 12.3. The van der Waals surface area contributed by atoms with E-state index >= 15 is 0 Å². The summed E-state index contributed by atoms with van der Waals surface area (Å²) >= 11 is 1.01. The SMILES string of the molecule is Cc1nc(C(C)NC(=O)CC(C)c2ccc(F)cc2F)sc1C(=O)O. The van der Waals surface area contributed by atoms with E-state index in [4.69, 9.17) is 5.11 Å². The lowest BCUT2D eigenvalue weighted by Crippen LogP contribution is -2.27. The van der Waals surface area contributed by atoms with E-state index < -0.39 is 29.6 Å². The molecular formula is C17H18F2N2O3S. The second-order valence-corrected chi connectivity index (χ2v) is 6.86. The van der Waals surface area contributed by atoms with Crippen LogP contribution in [-0.4, -0.2) is 22.0 Å². The molecule has 8 heteroatoms. The number of carboxylic acid groups (broad SMARTS) is 1. The largest absolute Gasteiger partial charge is 0.477 e. The molecule has 0 saturated carbocycles. The molecule has 134 valence electrons. The normalized spacial score (nSPS) is 13.3. The molecule has 2 N–H and O–H groups in total. The van der Waals surface area contributed by atoms with E-state index in [2.05, 4.69) is 10.3 Å². The maximum Gasteiger partial charge on any atom is 0.347 e. The number of halogens is 2. The molecule has 0 aliphatic carbocycles. The predicted molar refractivity (Wildman–Crippen MR) is 89.8 cm³/mol. The van der Waals surface area contributed by atoms with Crippen LogP contribution < -0.4 is 5.32 Å². The molecule has 1 heterocycles. The van der Waals surface area contributed by atoms with Gasteiger partial charge in [-0.15, -0.1) is 11.3 Å². The van der Waals surface area contributed by atoms with Gasteiger partial charge in [0.2, 0.25) is 5.91 Å². The fourth-order valence-corrected chi connectivity index (χ4v) is 3.36. The Kier molecular flexibility index (Phi) is 5.84. The Hall–Kier alpha value is -2.35. The first-order valence-corrected chi connectivity index (χ1v) is 8.45. The van der Waals surface area contributed by atoms with Crippen molar-refractivity contribution in [1.29, 1.82) is 0 Å². The van der Waals surface area contributed by atoms with Crippen LogP contribution in [0, 0.1) is 18.6 Å². The highest BCUT2D eigenvalue weighted by molar-refractivity contribution is 7.13. The molecule has 0 radical (unpaired) electrons. The van der Waals surface area contributed by atoms with Crippen molar-refractivity contribution in [2.75, 3.05) is 0 Å². The molecule has 1 amide bonds. The maximum atomic E-state index is 13.8. The summed E-state index contributed by atoms with van der Waals surface area (Å²) < 4.78 is 26.7. The fourth-order valence-electron chi connectivity index (χ4n) is 2.45. The molecule has 0 fully saturated rings. The zero-order valence-corrected chi connectivity index (χ0v) is 14.8. The van der Waals surface area contributed by atoms with Crippen molar-refractivity contribution in [3.05, 3.63) is 51.0 Å². The smallest absolute Gasteiger partial charge is 0.347 e. The van der Waals surface area contributed by atoms with Crippen LogP contribution >= 0.6 is 11.3 Å². The Balaban J connectivity index is 2.01. The van der Waals surface area contributed by atoms with Gasteiger partial charge in [0, 0.05) is 12.5 Å². The minimum atomic E-state index is -1.06. The summed E-state index contributed by atoms with van der Waals surface area (Å²) in [6.45, 7) is 4.97. The van der Waals surface area contributed by atoms with Crippen molar-refractivity contribution in [3.63, 3.8) is 0 Å². The number of carboxylic acids is 1. The number of amides is 1. The number of thiazole rings is 1. The van der Waals surface area contributed by atoms with Crippen molar-refractivity contribution in [1.82, 2.24) is 10.3 Å². The van der Waals surface area contributed by atoms with E-state index in [1.807, 2.05) is 0 Å². The van der Waals surface area contributed by atoms with Gasteiger partial charge in [-0.2, -0.15) is 0 Å². The molecule has 0 bridgehead atoms. The quantitative estimate of drug-likeness (QED) is 0.813. The second kappa shape index (κ2) is 7.69. The Bertz CT molecular complexity index is 807. The van der Waals surface area contributed by atoms with Crippen LogP contribution in [0.15, 0.2) is 18.2 Å². The van der Waals surface area contributed by atoms with E-state index in [0.29, 0.717) is 10.7 Å². The summed E-state index contributed by atoms with van der Waals surface area (Å²) in [5.41, 5.74) is 0.665. The van der Waals surface area contributed by atoms with E-state index in [1.54, 1.807) is 20.8 Å². The number of rotatable bonds is 6. The van der Waals surface area contributed by atoms with Crippen LogP contribution in [0.3, 0.4) is 0 Å². The summed E-state index contributed by atoms with van der Waals surface area (Å²) in [5.74, 6) is -3.16. The van der Waals surface area contributed by atoms with Crippen molar-refractivity contribution in [3.8, 4) is 0 Å². The lowest BCUT2D eigenvalue weighted by atomic mass is 9.96. The predicted octanol–water partition coefficient (Wildman–Crippen LogP) is 3.80. The molecule has 2 rings (SSSR count). The van der Waals surface area contributed by atoms with Gasteiger partial charge in [-0.1, -0.05) is 13.0 Å². The Labute approximate surface area is 147 Å². The van der Waals surface area contributed by atoms with Gasteiger partial charge in [0.15, 0.2) is 0 Å². The van der Waals surface area contributed by atoms with E-state index in [1.165, 1.54) is 6.07 Å². The average molecular weight is 368 g/mol. The van der Waals surface area contributed by atoms with Gasteiger partial charge in [0.1, 0.15) is 21.5 Å². The molecule has 2 unspecified atom stereocenters. The van der Waals surface area contributed by atoms with Crippen LogP contribution in [0.2, 0.25) is 0 Å². The lowest BCUT2D eigenvalue weighted by Gasteiger charge is -2.15. The van der Waals surface area contributed by atoms with Gasteiger partial charge >= 0.3 is 5.97 Å². The monoisotopic (exact) mass is 368 g/mol. The molecule has 0 spiro atoms. The number of aromatic carboxylic acids is 1. The highest BCUT2D eigenvalue weighted by Crippen LogP contribution is 2.25. The van der Waals surface area contributed by atoms with Crippen LogP contribution in [0.5, 0.6) is 0 Å². The number of nitrogens with one attached hydrogen (secondary N) is 1. The highest BCUT2D eigenvalue weighted by Gasteiger charge is 2.21. The zero-order chi connectivity index (χ0) is 18.7. The number of carbonyl (C=O) groups excluding carboxylic acids is 1. The molecule has 0 saturated heterocycles. The van der Waals surface area contributed by atoms with E-state index in [-0.39, 0.29) is 22.8 Å². The Morgan fingerprint density at radius 2 is 2.00 bits per heavy atom. The average Bonchev–Trinajstić information content (AvgIpc) is 2.89. The fraction of sp³-hybridized carbons (Fsp3) is 0.353. The van der Waals surface area contributed by atoms with Crippen LogP contribution in [-0.2, 0) is 4.79 Å². The molecule has 2 aromatic rings. The van der Waals surface area contributed by atoms with Crippen LogP contribution in [0.4, 0.5) is 8.78 Å². The van der Waals surface area contributed by atoms with Gasteiger partial charge in [0.25, 0.3) is 0 Å². The van der Waals surface area contributed by atoms with E-state index in [9.17, 15) is 18.4 Å². The molecule has 1 aromatic heterocycles. The van der Waals surface area contributed by atoms with Gasteiger partial charge in [-0.3, -0.25) is 4.79 Å². The zero-order valence-electron chi connectivity index (χ0n) is 14.0. The molecule has 2 atom stereocenters. The molecule has 5 nitrogen and oxygen atoms in total. The number of hydrogen-bond donors (Lipinski definition) is 2. The second-order valence-electron chi connectivity index (χ2n) is 5.83. The van der Waals surface area contributed by atoms with Gasteiger partial charge in [-0.25, -0.2) is 18.6 Å². The summed E-state index contributed by atoms with van der Waals surface area (Å²) in [6.07, 6.45) is 0.0169. The highest BCUT2D eigenvalue weighted by atomic mass is 32.1. The molecule has 25 heavy (non-hydrogen) atoms. The topological polar surface area (TPSA) is 79.3 Å². The summed E-state index contributed by atoms with van der Waals surface area (Å²) in [4.78, 5) is 27.5. The lowest BCUT2D eigenvalue weighted by molar-refractivity contribution is -0.122. The number of benzene rings is 1. The third-order valence-corrected chi connectivity index (χ3v) is 5.07. The third kappa shape index (κ3) is 4.60. The number of nitrogens with zero attached hydrogens (tertiary/aromatic N) is 1. The molecule has 0 aliphatic heterocycles. The third-order valence-electron chi connectivity index (χ3n) is 3.74. The summed E-state index contributed by atoms with van der Waals surface area (Å²) in [6, 6.07) is 2.81. The van der Waals surface area contributed by atoms with E-state index in [0.717, 1.165) is 23.5 Å². The molecule has 0 aliphatic rings. The standard InChI is InChI=1S/C17H18F2N2O3S/c1-8(12-5-4-11(18)7-13(12)19)6-14(22)20-10(3)16-21-9(2)15(25-16)17(23)24/h4-5,7-8,10H,6H2,1-3H3,(H,20,22)(H,23,24). The number of aryl methyl sites for hydroxylation is 1. The first-order valence-electron chi connectivity index (χ1n) is 7.64. The number of hydrogen-bond acceptors (Lipinski definition) is 4. The Morgan fingerprint density at radius 1 is 1.32 bits per heavy atom. The molecular weight excluding hydrogens is 350 g/mol. The van der Waals surface area contributed by atoms with Crippen molar-refractivity contribution < 1.29 is 23.5 Å². The van der Waals surface area contributed by atoms with Crippen molar-refractivity contribution in [2.45, 2.75) is 39.2 Å².